The quantitative estimate of drug-likeness (QED) is 0.925. The zero-order valence-electron chi connectivity index (χ0n) is 14.4. The standard InChI is InChI=1S/C19H22N2O4/c1-13-11-21(17(12-25-13)15-6-4-3-5-7-15)18(22)10-20-19(23)16-8-9-24-14(16)2/h3-9,13,17H,10-12H2,1-2H3,(H,20,23)/t13-,17-/m1/s1. The van der Waals surface area contributed by atoms with Crippen LogP contribution in [0.3, 0.4) is 0 Å². The van der Waals surface area contributed by atoms with Crippen LogP contribution in [0.2, 0.25) is 0 Å². The van der Waals surface area contributed by atoms with Crippen molar-refractivity contribution in [3.63, 3.8) is 0 Å². The van der Waals surface area contributed by atoms with E-state index in [-0.39, 0.29) is 30.5 Å². The van der Waals surface area contributed by atoms with Crippen molar-refractivity contribution in [2.75, 3.05) is 19.7 Å². The van der Waals surface area contributed by atoms with E-state index in [4.69, 9.17) is 9.15 Å². The van der Waals surface area contributed by atoms with E-state index in [2.05, 4.69) is 5.32 Å². The van der Waals surface area contributed by atoms with Crippen LogP contribution in [0.5, 0.6) is 0 Å². The van der Waals surface area contributed by atoms with Crippen molar-refractivity contribution in [1.82, 2.24) is 10.2 Å². The second-order valence-corrected chi connectivity index (χ2v) is 6.19. The molecule has 1 aromatic heterocycles. The van der Waals surface area contributed by atoms with Crippen molar-refractivity contribution in [2.24, 2.45) is 0 Å². The first-order valence-electron chi connectivity index (χ1n) is 8.34. The van der Waals surface area contributed by atoms with Gasteiger partial charge in [0, 0.05) is 6.54 Å². The summed E-state index contributed by atoms with van der Waals surface area (Å²) in [4.78, 5) is 26.7. The molecule has 2 aromatic rings. The highest BCUT2D eigenvalue weighted by molar-refractivity contribution is 5.97. The molecule has 0 saturated carbocycles. The Morgan fingerprint density at radius 2 is 2.00 bits per heavy atom. The Balaban J connectivity index is 1.67. The second kappa shape index (κ2) is 7.53. The molecule has 6 heteroatoms. The van der Waals surface area contributed by atoms with E-state index < -0.39 is 0 Å². The summed E-state index contributed by atoms with van der Waals surface area (Å²) >= 11 is 0. The van der Waals surface area contributed by atoms with Gasteiger partial charge in [0.25, 0.3) is 5.91 Å². The van der Waals surface area contributed by atoms with Crippen LogP contribution >= 0.6 is 0 Å². The van der Waals surface area contributed by atoms with Gasteiger partial charge in [-0.15, -0.1) is 0 Å². The predicted molar refractivity (Wildman–Crippen MR) is 92.1 cm³/mol. The number of carbonyl (C=O) groups excluding carboxylic acids is 2. The van der Waals surface area contributed by atoms with Crippen LogP contribution in [0, 0.1) is 6.92 Å². The molecule has 1 N–H and O–H groups in total. The number of aryl methyl sites for hydroxylation is 1. The molecule has 1 aliphatic rings. The molecule has 132 valence electrons. The van der Waals surface area contributed by atoms with Gasteiger partial charge < -0.3 is 19.4 Å². The van der Waals surface area contributed by atoms with Crippen molar-refractivity contribution in [2.45, 2.75) is 26.0 Å². The van der Waals surface area contributed by atoms with Crippen LogP contribution < -0.4 is 5.32 Å². The molecule has 2 atom stereocenters. The fourth-order valence-corrected chi connectivity index (χ4v) is 3.00. The summed E-state index contributed by atoms with van der Waals surface area (Å²) in [6, 6.07) is 11.3. The first kappa shape index (κ1) is 17.2. The molecule has 0 aliphatic carbocycles. The molecule has 0 radical (unpaired) electrons. The molecular formula is C19H22N2O4. The monoisotopic (exact) mass is 342 g/mol. The number of hydrogen-bond donors (Lipinski definition) is 1. The molecule has 1 saturated heterocycles. The summed E-state index contributed by atoms with van der Waals surface area (Å²) in [6.45, 7) is 4.55. The third-order valence-corrected chi connectivity index (χ3v) is 4.38. The minimum absolute atomic E-state index is 0.0317. The van der Waals surface area contributed by atoms with Crippen molar-refractivity contribution < 1.29 is 18.7 Å². The summed E-state index contributed by atoms with van der Waals surface area (Å²) in [5, 5.41) is 2.68. The third-order valence-electron chi connectivity index (χ3n) is 4.38. The summed E-state index contributed by atoms with van der Waals surface area (Å²) in [5.74, 6) is 0.0998. The molecule has 25 heavy (non-hydrogen) atoms. The van der Waals surface area contributed by atoms with Crippen LogP contribution in [-0.2, 0) is 9.53 Å². The maximum absolute atomic E-state index is 12.7. The Bertz CT molecular complexity index is 741. The Morgan fingerprint density at radius 1 is 1.24 bits per heavy atom. The van der Waals surface area contributed by atoms with Crippen LogP contribution in [0.1, 0.15) is 34.6 Å². The summed E-state index contributed by atoms with van der Waals surface area (Å²) in [6.07, 6.45) is 1.43. The minimum Gasteiger partial charge on any atom is -0.469 e. The maximum Gasteiger partial charge on any atom is 0.255 e. The van der Waals surface area contributed by atoms with Gasteiger partial charge in [-0.1, -0.05) is 30.3 Å². The number of nitrogens with one attached hydrogen (secondary N) is 1. The second-order valence-electron chi connectivity index (χ2n) is 6.19. The molecule has 2 amide bonds. The lowest BCUT2D eigenvalue weighted by Gasteiger charge is -2.39. The topological polar surface area (TPSA) is 71.8 Å². The number of ether oxygens (including phenoxy) is 1. The molecule has 0 bridgehead atoms. The Morgan fingerprint density at radius 3 is 2.68 bits per heavy atom. The minimum atomic E-state index is -0.308. The number of amides is 2. The van der Waals surface area contributed by atoms with Crippen LogP contribution in [0.25, 0.3) is 0 Å². The van der Waals surface area contributed by atoms with E-state index in [1.165, 1.54) is 6.26 Å². The molecule has 2 heterocycles. The number of furan rings is 1. The predicted octanol–water partition coefficient (Wildman–Crippen LogP) is 2.31. The van der Waals surface area contributed by atoms with E-state index in [1.807, 2.05) is 37.3 Å². The average molecular weight is 342 g/mol. The van der Waals surface area contributed by atoms with Gasteiger partial charge in [0.2, 0.25) is 5.91 Å². The van der Waals surface area contributed by atoms with Crippen molar-refractivity contribution >= 4 is 11.8 Å². The van der Waals surface area contributed by atoms with Crippen molar-refractivity contribution in [3.05, 3.63) is 59.5 Å². The van der Waals surface area contributed by atoms with E-state index >= 15 is 0 Å². The number of hydrogen-bond acceptors (Lipinski definition) is 4. The van der Waals surface area contributed by atoms with Gasteiger partial charge in [-0.3, -0.25) is 9.59 Å². The van der Waals surface area contributed by atoms with E-state index in [9.17, 15) is 9.59 Å². The van der Waals surface area contributed by atoms with E-state index in [0.717, 1.165) is 5.56 Å². The fourth-order valence-electron chi connectivity index (χ4n) is 3.00. The molecule has 3 rings (SSSR count). The number of rotatable bonds is 4. The summed E-state index contributed by atoms with van der Waals surface area (Å²) < 4.78 is 10.9. The molecule has 1 aliphatic heterocycles. The van der Waals surface area contributed by atoms with Crippen LogP contribution in [0.4, 0.5) is 0 Å². The highest BCUT2D eigenvalue weighted by Crippen LogP contribution is 2.26. The van der Waals surface area contributed by atoms with Gasteiger partial charge >= 0.3 is 0 Å². The fraction of sp³-hybridized carbons (Fsp3) is 0.368. The lowest BCUT2D eigenvalue weighted by molar-refractivity contribution is -0.143. The highest BCUT2D eigenvalue weighted by Gasteiger charge is 2.31. The number of benzene rings is 1. The zero-order valence-corrected chi connectivity index (χ0v) is 14.4. The molecule has 6 nitrogen and oxygen atoms in total. The van der Waals surface area contributed by atoms with E-state index in [1.54, 1.807) is 17.9 Å². The Kier molecular flexibility index (Phi) is 5.19. The lowest BCUT2D eigenvalue weighted by Crippen LogP contribution is -2.50. The number of carbonyl (C=O) groups is 2. The lowest BCUT2D eigenvalue weighted by atomic mass is 10.0. The smallest absolute Gasteiger partial charge is 0.255 e. The molecule has 0 spiro atoms. The van der Waals surface area contributed by atoms with Crippen LogP contribution in [0.15, 0.2) is 47.1 Å². The average Bonchev–Trinajstić information content (AvgIpc) is 3.06. The Hall–Kier alpha value is -2.60. The molecule has 1 fully saturated rings. The SMILES string of the molecule is Cc1occc1C(=O)NCC(=O)N1C[C@@H](C)OC[C@@H]1c1ccccc1. The van der Waals surface area contributed by atoms with Gasteiger partial charge in [-0.2, -0.15) is 0 Å². The molecule has 1 aromatic carbocycles. The first-order chi connectivity index (χ1) is 12.1. The van der Waals surface area contributed by atoms with Crippen molar-refractivity contribution in [1.29, 1.82) is 0 Å². The van der Waals surface area contributed by atoms with Crippen LogP contribution in [-0.4, -0.2) is 42.5 Å². The van der Waals surface area contributed by atoms with Gasteiger partial charge in [-0.05, 0) is 25.5 Å². The molecular weight excluding hydrogens is 320 g/mol. The largest absolute Gasteiger partial charge is 0.469 e. The molecule has 0 unspecified atom stereocenters. The normalized spacial score (nSPS) is 20.3. The zero-order chi connectivity index (χ0) is 17.8. The van der Waals surface area contributed by atoms with Gasteiger partial charge in [0.05, 0.1) is 37.1 Å². The summed E-state index contributed by atoms with van der Waals surface area (Å²) in [5.41, 5.74) is 1.47. The van der Waals surface area contributed by atoms with Gasteiger partial charge in [0.1, 0.15) is 5.76 Å². The highest BCUT2D eigenvalue weighted by atomic mass is 16.5. The first-order valence-corrected chi connectivity index (χ1v) is 8.34. The number of nitrogens with zero attached hydrogens (tertiary/aromatic N) is 1. The van der Waals surface area contributed by atoms with Gasteiger partial charge in [-0.25, -0.2) is 0 Å². The van der Waals surface area contributed by atoms with E-state index in [0.29, 0.717) is 24.5 Å². The Labute approximate surface area is 146 Å². The third kappa shape index (κ3) is 3.91. The number of morpholine rings is 1. The summed E-state index contributed by atoms with van der Waals surface area (Å²) in [7, 11) is 0. The maximum atomic E-state index is 12.7. The van der Waals surface area contributed by atoms with Gasteiger partial charge in [0.15, 0.2) is 0 Å². The van der Waals surface area contributed by atoms with Crippen molar-refractivity contribution in [3.8, 4) is 0 Å².